The number of rotatable bonds is 4. The van der Waals surface area contributed by atoms with Gasteiger partial charge in [-0.2, -0.15) is 0 Å². The van der Waals surface area contributed by atoms with E-state index in [1.165, 1.54) is 4.88 Å². The smallest absolute Gasteiger partial charge is 0.315 e. The summed E-state index contributed by atoms with van der Waals surface area (Å²) < 4.78 is 5.31. The molecule has 0 bridgehead atoms. The predicted octanol–water partition coefficient (Wildman–Crippen LogP) is 4.59. The first-order valence-corrected chi connectivity index (χ1v) is 10.7. The van der Waals surface area contributed by atoms with Gasteiger partial charge in [0.15, 0.2) is 5.78 Å². The lowest BCUT2D eigenvalue weighted by molar-refractivity contribution is -0.146. The van der Waals surface area contributed by atoms with E-state index in [9.17, 15) is 14.7 Å². The maximum Gasteiger partial charge on any atom is 0.315 e. The zero-order valence-corrected chi connectivity index (χ0v) is 17.2. The number of hydrogen-bond donors (Lipinski definition) is 1. The number of allylic oxidation sites excluding steroid dienone is 2. The van der Waals surface area contributed by atoms with Gasteiger partial charge >= 0.3 is 5.97 Å². The number of ketones is 1. The zero-order chi connectivity index (χ0) is 20.5. The lowest BCUT2D eigenvalue weighted by Gasteiger charge is -2.36. The Bertz CT molecular complexity index is 1010. The van der Waals surface area contributed by atoms with Crippen molar-refractivity contribution in [2.45, 2.75) is 38.5 Å². The standard InChI is InChI=1S/C23H23NO4S/c1-3-28-23(27)20-13(2)24-17-11-15(19-8-5-9-29-19)12-18(26)22(17)21(20)14-6-4-7-16(25)10-14/h4-10,15,20-21,25H,3,11-12H2,1-2H3/t15-,20?,21+/m1/s1. The topological polar surface area (TPSA) is 76.0 Å². The summed E-state index contributed by atoms with van der Waals surface area (Å²) in [7, 11) is 0. The molecule has 0 spiro atoms. The molecule has 1 aliphatic heterocycles. The first-order valence-electron chi connectivity index (χ1n) is 9.80. The molecule has 1 aliphatic carbocycles. The monoisotopic (exact) mass is 409 g/mol. The van der Waals surface area contributed by atoms with Gasteiger partial charge in [-0.1, -0.05) is 18.2 Å². The quantitative estimate of drug-likeness (QED) is 0.749. The molecule has 0 saturated heterocycles. The highest BCUT2D eigenvalue weighted by Gasteiger charge is 2.44. The van der Waals surface area contributed by atoms with Crippen LogP contribution in [0.4, 0.5) is 0 Å². The second kappa shape index (κ2) is 7.95. The Labute approximate surface area is 173 Å². The van der Waals surface area contributed by atoms with Crippen molar-refractivity contribution in [2.75, 3.05) is 6.61 Å². The predicted molar refractivity (Wildman–Crippen MR) is 112 cm³/mol. The van der Waals surface area contributed by atoms with E-state index in [2.05, 4.69) is 6.07 Å². The van der Waals surface area contributed by atoms with E-state index in [0.717, 1.165) is 11.3 Å². The van der Waals surface area contributed by atoms with Crippen LogP contribution in [0.25, 0.3) is 0 Å². The van der Waals surface area contributed by atoms with Crippen LogP contribution in [0.5, 0.6) is 5.75 Å². The number of carbonyl (C=O) groups is 2. The third kappa shape index (κ3) is 3.65. The fourth-order valence-electron chi connectivity index (χ4n) is 4.40. The van der Waals surface area contributed by atoms with Crippen molar-refractivity contribution in [1.29, 1.82) is 0 Å². The molecule has 0 fully saturated rings. The van der Waals surface area contributed by atoms with Crippen molar-refractivity contribution in [3.63, 3.8) is 0 Å². The third-order valence-electron chi connectivity index (χ3n) is 5.60. The highest BCUT2D eigenvalue weighted by molar-refractivity contribution is 7.10. The molecule has 3 atom stereocenters. The van der Waals surface area contributed by atoms with Gasteiger partial charge in [0, 0.05) is 40.1 Å². The van der Waals surface area contributed by atoms with Gasteiger partial charge in [-0.15, -0.1) is 11.3 Å². The SMILES string of the molecule is CCOC(=O)C1C(C)=NC2=C(C(=O)C[C@H](c3cccs3)C2)[C@H]1c1cccc(O)c1. The second-order valence-corrected chi connectivity index (χ2v) is 8.44. The number of Topliss-reactive ketones (excluding diaryl/α,β-unsaturated/α-hetero) is 1. The molecule has 2 aromatic rings. The van der Waals surface area contributed by atoms with Gasteiger partial charge in [-0.3, -0.25) is 14.6 Å². The van der Waals surface area contributed by atoms with E-state index >= 15 is 0 Å². The van der Waals surface area contributed by atoms with Crippen LogP contribution in [0.15, 0.2) is 58.0 Å². The van der Waals surface area contributed by atoms with Crippen LogP contribution in [-0.2, 0) is 14.3 Å². The van der Waals surface area contributed by atoms with Gasteiger partial charge in [-0.25, -0.2) is 0 Å². The van der Waals surface area contributed by atoms with E-state index in [0.29, 0.717) is 24.1 Å². The normalized spacial score (nSPS) is 24.1. The van der Waals surface area contributed by atoms with E-state index in [1.807, 2.05) is 24.4 Å². The average molecular weight is 410 g/mol. The highest BCUT2D eigenvalue weighted by atomic mass is 32.1. The van der Waals surface area contributed by atoms with E-state index < -0.39 is 11.8 Å². The Hall–Kier alpha value is -2.73. The summed E-state index contributed by atoms with van der Waals surface area (Å²) >= 11 is 1.65. The molecule has 6 heteroatoms. The molecule has 4 rings (SSSR count). The number of esters is 1. The highest BCUT2D eigenvalue weighted by Crippen LogP contribution is 2.47. The first kappa shape index (κ1) is 19.6. The number of ether oxygens (including phenoxy) is 1. The Balaban J connectivity index is 1.82. The van der Waals surface area contributed by atoms with Gasteiger partial charge in [0.2, 0.25) is 0 Å². The van der Waals surface area contributed by atoms with E-state index in [-0.39, 0.29) is 30.0 Å². The molecule has 1 aromatic carbocycles. The summed E-state index contributed by atoms with van der Waals surface area (Å²) in [5, 5.41) is 12.0. The number of benzene rings is 1. The van der Waals surface area contributed by atoms with Crippen molar-refractivity contribution in [1.82, 2.24) is 0 Å². The number of nitrogens with zero attached hydrogens (tertiary/aromatic N) is 1. The van der Waals surface area contributed by atoms with E-state index in [1.54, 1.807) is 36.5 Å². The summed E-state index contributed by atoms with van der Waals surface area (Å²) in [6.07, 6.45) is 1.07. The molecular weight excluding hydrogens is 386 g/mol. The fraction of sp³-hybridized carbons (Fsp3) is 0.348. The number of hydrogen-bond acceptors (Lipinski definition) is 6. The lowest BCUT2D eigenvalue weighted by atomic mass is 9.70. The molecule has 1 aromatic heterocycles. The lowest BCUT2D eigenvalue weighted by Crippen LogP contribution is -2.38. The largest absolute Gasteiger partial charge is 0.508 e. The average Bonchev–Trinajstić information content (AvgIpc) is 3.21. The van der Waals surface area contributed by atoms with Crippen LogP contribution in [0, 0.1) is 5.92 Å². The third-order valence-corrected chi connectivity index (χ3v) is 6.64. The van der Waals surface area contributed by atoms with Crippen molar-refractivity contribution in [3.8, 4) is 5.75 Å². The molecule has 0 saturated carbocycles. The van der Waals surface area contributed by atoms with Crippen molar-refractivity contribution >= 4 is 28.8 Å². The van der Waals surface area contributed by atoms with Crippen molar-refractivity contribution in [3.05, 3.63) is 63.5 Å². The number of aliphatic imine (C=N–C) groups is 1. The van der Waals surface area contributed by atoms with Gasteiger partial charge in [0.1, 0.15) is 11.7 Å². The summed E-state index contributed by atoms with van der Waals surface area (Å²) in [6, 6.07) is 10.8. The minimum atomic E-state index is -0.669. The molecule has 2 heterocycles. The summed E-state index contributed by atoms with van der Waals surface area (Å²) in [6.45, 7) is 3.84. The van der Waals surface area contributed by atoms with Crippen LogP contribution in [0.3, 0.4) is 0 Å². The van der Waals surface area contributed by atoms with Crippen LogP contribution in [0.1, 0.15) is 49.0 Å². The molecule has 1 unspecified atom stereocenters. The van der Waals surface area contributed by atoms with Crippen LogP contribution >= 0.6 is 11.3 Å². The number of aromatic hydroxyl groups is 1. The summed E-state index contributed by atoms with van der Waals surface area (Å²) in [5.74, 6) is -1.32. The Kier molecular flexibility index (Phi) is 5.37. The number of phenols is 1. The Morgan fingerprint density at radius 1 is 1.28 bits per heavy atom. The Morgan fingerprint density at radius 3 is 2.79 bits per heavy atom. The van der Waals surface area contributed by atoms with Gasteiger partial charge in [0.05, 0.1) is 6.61 Å². The van der Waals surface area contributed by atoms with Crippen molar-refractivity contribution in [2.24, 2.45) is 10.9 Å². The molecule has 150 valence electrons. The van der Waals surface area contributed by atoms with Gasteiger partial charge in [-0.05, 0) is 49.4 Å². The van der Waals surface area contributed by atoms with Gasteiger partial charge < -0.3 is 9.84 Å². The number of phenolic OH excluding ortho intramolecular Hbond substituents is 1. The molecule has 0 radical (unpaired) electrons. The number of thiophene rings is 1. The van der Waals surface area contributed by atoms with Crippen LogP contribution < -0.4 is 0 Å². The minimum Gasteiger partial charge on any atom is -0.508 e. The second-order valence-electron chi connectivity index (χ2n) is 7.46. The Morgan fingerprint density at radius 2 is 2.10 bits per heavy atom. The first-order chi connectivity index (χ1) is 14.0. The van der Waals surface area contributed by atoms with Gasteiger partial charge in [0.25, 0.3) is 0 Å². The summed E-state index contributed by atoms with van der Waals surface area (Å²) in [4.78, 5) is 32.0. The van der Waals surface area contributed by atoms with Crippen LogP contribution in [0.2, 0.25) is 0 Å². The molecule has 1 N–H and O–H groups in total. The maximum absolute atomic E-state index is 13.3. The van der Waals surface area contributed by atoms with E-state index in [4.69, 9.17) is 9.73 Å². The molecule has 0 amide bonds. The molecule has 2 aliphatic rings. The van der Waals surface area contributed by atoms with Crippen molar-refractivity contribution < 1.29 is 19.4 Å². The molecule has 29 heavy (non-hydrogen) atoms. The van der Waals surface area contributed by atoms with Crippen LogP contribution in [-0.4, -0.2) is 29.2 Å². The maximum atomic E-state index is 13.3. The molecule has 5 nitrogen and oxygen atoms in total. The summed E-state index contributed by atoms with van der Waals surface area (Å²) in [5.41, 5.74) is 2.72. The molecular formula is C23H23NO4S. The minimum absolute atomic E-state index is 0.0172. The zero-order valence-electron chi connectivity index (χ0n) is 16.4. The fourth-order valence-corrected chi connectivity index (χ4v) is 5.23. The number of carbonyl (C=O) groups excluding carboxylic acids is 2.